The molecule has 0 aliphatic rings. The number of carbonyl (C=O) groups excluding carboxylic acids is 2. The lowest BCUT2D eigenvalue weighted by atomic mass is 9.87. The van der Waals surface area contributed by atoms with E-state index >= 15 is 0 Å². The van der Waals surface area contributed by atoms with Crippen LogP contribution in [-0.2, 0) is 15.0 Å². The number of hydrazine groups is 1. The summed E-state index contributed by atoms with van der Waals surface area (Å²) in [7, 11) is 0. The number of hydrogen-bond donors (Lipinski definition) is 2. The van der Waals surface area contributed by atoms with Crippen LogP contribution in [0.3, 0.4) is 0 Å². The molecule has 0 aromatic heterocycles. The van der Waals surface area contributed by atoms with Crippen LogP contribution in [0, 0.1) is 6.92 Å². The van der Waals surface area contributed by atoms with E-state index in [0.717, 1.165) is 20.1 Å². The van der Waals surface area contributed by atoms with Crippen molar-refractivity contribution in [2.45, 2.75) is 33.1 Å². The van der Waals surface area contributed by atoms with Crippen molar-refractivity contribution in [3.63, 3.8) is 0 Å². The zero-order valence-corrected chi connectivity index (χ0v) is 19.9. The van der Waals surface area contributed by atoms with Crippen LogP contribution >= 0.6 is 31.9 Å². The lowest BCUT2D eigenvalue weighted by Crippen LogP contribution is -2.45. The predicted molar refractivity (Wildman–Crippen MR) is 119 cm³/mol. The Balaban J connectivity index is 1.76. The van der Waals surface area contributed by atoms with Gasteiger partial charge in [0.2, 0.25) is 0 Å². The predicted octanol–water partition coefficient (Wildman–Crippen LogP) is 4.42. The minimum Gasteiger partial charge on any atom is -0.483 e. The molecule has 8 heteroatoms. The summed E-state index contributed by atoms with van der Waals surface area (Å²) in [6.07, 6.45) is 0. The molecule has 6 nitrogen and oxygen atoms in total. The van der Waals surface area contributed by atoms with Gasteiger partial charge in [0.25, 0.3) is 11.8 Å². The Morgan fingerprint density at radius 2 is 1.45 bits per heavy atom. The standard InChI is InChI=1S/C21H24Br2N2O4/c1-13-9-15(22)6-8-17(13)28-11-19(26)24-25-20(27)12-29-18-7-5-14(10-16(18)23)21(2,3)4/h5-10H,11-12H2,1-4H3,(H,24,26)(H,25,27). The summed E-state index contributed by atoms with van der Waals surface area (Å²) in [6, 6.07) is 11.2. The average molecular weight is 528 g/mol. The maximum atomic E-state index is 11.9. The van der Waals surface area contributed by atoms with E-state index in [0.29, 0.717) is 11.5 Å². The number of aryl methyl sites for hydroxylation is 1. The molecule has 29 heavy (non-hydrogen) atoms. The van der Waals surface area contributed by atoms with Gasteiger partial charge in [0, 0.05) is 4.47 Å². The van der Waals surface area contributed by atoms with Gasteiger partial charge in [-0.3, -0.25) is 20.4 Å². The third-order valence-corrected chi connectivity index (χ3v) is 5.11. The van der Waals surface area contributed by atoms with Crippen LogP contribution in [0.15, 0.2) is 45.3 Å². The van der Waals surface area contributed by atoms with Crippen molar-refractivity contribution in [2.75, 3.05) is 13.2 Å². The molecular weight excluding hydrogens is 504 g/mol. The third kappa shape index (κ3) is 7.36. The molecule has 2 amide bonds. The molecule has 0 bridgehead atoms. The third-order valence-electron chi connectivity index (χ3n) is 3.99. The molecule has 2 rings (SSSR count). The molecule has 0 unspecified atom stereocenters. The smallest absolute Gasteiger partial charge is 0.276 e. The highest BCUT2D eigenvalue weighted by atomic mass is 79.9. The topological polar surface area (TPSA) is 76.7 Å². The summed E-state index contributed by atoms with van der Waals surface area (Å²) in [4.78, 5) is 23.8. The summed E-state index contributed by atoms with van der Waals surface area (Å²) in [5.41, 5.74) is 6.66. The van der Waals surface area contributed by atoms with Gasteiger partial charge in [-0.2, -0.15) is 0 Å². The number of carbonyl (C=O) groups is 2. The van der Waals surface area contributed by atoms with Crippen molar-refractivity contribution >= 4 is 43.7 Å². The van der Waals surface area contributed by atoms with Crippen LogP contribution in [0.5, 0.6) is 11.5 Å². The molecule has 2 N–H and O–H groups in total. The number of hydrogen-bond acceptors (Lipinski definition) is 4. The fourth-order valence-corrected chi connectivity index (χ4v) is 3.33. The monoisotopic (exact) mass is 526 g/mol. The first-order valence-electron chi connectivity index (χ1n) is 8.95. The highest BCUT2D eigenvalue weighted by molar-refractivity contribution is 9.10. The molecule has 0 fully saturated rings. The number of halogens is 2. The van der Waals surface area contributed by atoms with E-state index in [1.54, 1.807) is 6.07 Å². The van der Waals surface area contributed by atoms with Gasteiger partial charge in [0.15, 0.2) is 13.2 Å². The molecule has 0 radical (unpaired) electrons. The second-order valence-corrected chi connectivity index (χ2v) is 9.25. The summed E-state index contributed by atoms with van der Waals surface area (Å²) in [5.74, 6) is 0.191. The second-order valence-electron chi connectivity index (χ2n) is 7.48. The molecule has 0 heterocycles. The van der Waals surface area contributed by atoms with Crippen molar-refractivity contribution in [3.05, 3.63) is 56.5 Å². The SMILES string of the molecule is Cc1cc(Br)ccc1OCC(=O)NNC(=O)COc1ccc(C(C)(C)C)cc1Br. The molecule has 0 saturated heterocycles. The van der Waals surface area contributed by atoms with Crippen molar-refractivity contribution in [2.24, 2.45) is 0 Å². The van der Waals surface area contributed by atoms with E-state index in [2.05, 4.69) is 63.5 Å². The minimum atomic E-state index is -0.482. The van der Waals surface area contributed by atoms with E-state index < -0.39 is 11.8 Å². The normalized spacial score (nSPS) is 11.0. The second kappa shape index (κ2) is 10.1. The number of amides is 2. The zero-order valence-electron chi connectivity index (χ0n) is 16.8. The van der Waals surface area contributed by atoms with E-state index in [4.69, 9.17) is 9.47 Å². The number of benzene rings is 2. The van der Waals surface area contributed by atoms with Crippen molar-refractivity contribution in [3.8, 4) is 11.5 Å². The average Bonchev–Trinajstić information content (AvgIpc) is 2.63. The number of nitrogens with one attached hydrogen (secondary N) is 2. The molecule has 156 valence electrons. The first kappa shape index (κ1) is 23.2. The quantitative estimate of drug-likeness (QED) is 0.545. The summed E-state index contributed by atoms with van der Waals surface area (Å²) >= 11 is 6.83. The van der Waals surface area contributed by atoms with Crippen LogP contribution in [0.1, 0.15) is 31.9 Å². The van der Waals surface area contributed by atoms with Gasteiger partial charge in [-0.25, -0.2) is 0 Å². The molecule has 0 aliphatic carbocycles. The first-order chi connectivity index (χ1) is 13.6. The van der Waals surface area contributed by atoms with E-state index in [9.17, 15) is 9.59 Å². The van der Waals surface area contributed by atoms with Gasteiger partial charge >= 0.3 is 0 Å². The van der Waals surface area contributed by atoms with Crippen LogP contribution in [0.2, 0.25) is 0 Å². The van der Waals surface area contributed by atoms with Crippen molar-refractivity contribution in [1.82, 2.24) is 10.9 Å². The summed E-state index contributed by atoms with van der Waals surface area (Å²) < 4.78 is 12.7. The van der Waals surface area contributed by atoms with Crippen LogP contribution in [0.25, 0.3) is 0 Å². The lowest BCUT2D eigenvalue weighted by Gasteiger charge is -2.20. The van der Waals surface area contributed by atoms with Crippen LogP contribution in [-0.4, -0.2) is 25.0 Å². The maximum Gasteiger partial charge on any atom is 0.276 e. The Hall–Kier alpha value is -2.06. The Morgan fingerprint density at radius 1 is 0.897 bits per heavy atom. The first-order valence-corrected chi connectivity index (χ1v) is 10.5. The van der Waals surface area contributed by atoms with Gasteiger partial charge < -0.3 is 9.47 Å². The van der Waals surface area contributed by atoms with Gasteiger partial charge in [0.1, 0.15) is 11.5 Å². The molecule has 0 saturated carbocycles. The van der Waals surface area contributed by atoms with Gasteiger partial charge in [-0.05, 0) is 69.7 Å². The minimum absolute atomic E-state index is 0.0135. The Morgan fingerprint density at radius 3 is 1.97 bits per heavy atom. The van der Waals surface area contributed by atoms with E-state index in [1.165, 1.54) is 0 Å². The molecule has 0 spiro atoms. The molecule has 0 atom stereocenters. The highest BCUT2D eigenvalue weighted by Gasteiger charge is 2.16. The van der Waals surface area contributed by atoms with Crippen molar-refractivity contribution < 1.29 is 19.1 Å². The summed E-state index contributed by atoms with van der Waals surface area (Å²) in [6.45, 7) is 7.78. The summed E-state index contributed by atoms with van der Waals surface area (Å²) in [5, 5.41) is 0. The molecule has 0 aliphatic heterocycles. The maximum absolute atomic E-state index is 11.9. The van der Waals surface area contributed by atoms with Crippen LogP contribution < -0.4 is 20.3 Å². The molecule has 2 aromatic carbocycles. The van der Waals surface area contributed by atoms with E-state index in [-0.39, 0.29) is 18.6 Å². The Kier molecular flexibility index (Phi) is 8.10. The Bertz CT molecular complexity index is 895. The lowest BCUT2D eigenvalue weighted by molar-refractivity contribution is -0.131. The van der Waals surface area contributed by atoms with Gasteiger partial charge in [-0.15, -0.1) is 0 Å². The molecule has 2 aromatic rings. The van der Waals surface area contributed by atoms with E-state index in [1.807, 2.05) is 37.3 Å². The largest absolute Gasteiger partial charge is 0.483 e. The Labute approximate surface area is 187 Å². The van der Waals surface area contributed by atoms with Crippen LogP contribution in [0.4, 0.5) is 0 Å². The fraction of sp³-hybridized carbons (Fsp3) is 0.333. The zero-order chi connectivity index (χ0) is 21.6. The fourth-order valence-electron chi connectivity index (χ4n) is 2.36. The highest BCUT2D eigenvalue weighted by Crippen LogP contribution is 2.31. The van der Waals surface area contributed by atoms with Crippen molar-refractivity contribution in [1.29, 1.82) is 0 Å². The number of ether oxygens (including phenoxy) is 2. The van der Waals surface area contributed by atoms with Gasteiger partial charge in [0.05, 0.1) is 4.47 Å². The molecular formula is C21H24Br2N2O4. The van der Waals surface area contributed by atoms with Gasteiger partial charge in [-0.1, -0.05) is 42.8 Å². The number of rotatable bonds is 6.